The minimum absolute atomic E-state index is 0.113. The van der Waals surface area contributed by atoms with Crippen LogP contribution in [0.2, 0.25) is 0 Å². The number of urea groups is 1. The molecule has 2 heterocycles. The molecule has 0 saturated carbocycles. The summed E-state index contributed by atoms with van der Waals surface area (Å²) in [6, 6.07) is 8.72. The standard InChI is InChI=1S/C21H16F4N4O2S/c1-32-18-8-12-10-28(11-27-19(12)31-18)14-3-5-15(6-4-14)29(20(26)30)17-9-13(21(23,24)25)2-7-16(17)22/h2-10H,11H2,1H3,(H2,26,30). The Hall–Kier alpha value is -3.47. The van der Waals surface area contributed by atoms with Gasteiger partial charge in [-0.2, -0.15) is 13.2 Å². The molecule has 0 saturated heterocycles. The number of fused-ring (bicyclic) bond motifs is 1. The summed E-state index contributed by atoms with van der Waals surface area (Å²) in [7, 11) is 0. The number of carbonyl (C=O) groups excluding carboxylic acids is 1. The van der Waals surface area contributed by atoms with Crippen molar-refractivity contribution >= 4 is 41.1 Å². The number of nitrogens with two attached hydrogens (primary N) is 1. The number of rotatable bonds is 4. The molecular formula is C21H16F4N4O2S. The van der Waals surface area contributed by atoms with E-state index in [1.165, 1.54) is 23.9 Å². The fourth-order valence-electron chi connectivity index (χ4n) is 3.23. The molecule has 0 radical (unpaired) electrons. The summed E-state index contributed by atoms with van der Waals surface area (Å²) in [5, 5.41) is 1.53. The number of hydrogen-bond acceptors (Lipinski definition) is 5. The first kappa shape index (κ1) is 21.8. The van der Waals surface area contributed by atoms with Gasteiger partial charge in [0.05, 0.1) is 22.2 Å². The Kier molecular flexibility index (Phi) is 5.59. The fourth-order valence-corrected chi connectivity index (χ4v) is 3.64. The lowest BCUT2D eigenvalue weighted by molar-refractivity contribution is -0.137. The summed E-state index contributed by atoms with van der Waals surface area (Å²) in [5.41, 5.74) is 5.03. The molecule has 0 bridgehead atoms. The molecule has 3 aromatic rings. The summed E-state index contributed by atoms with van der Waals surface area (Å²) in [5.74, 6) is -1.01. The zero-order chi connectivity index (χ0) is 23.0. The van der Waals surface area contributed by atoms with Crippen molar-refractivity contribution < 1.29 is 26.8 Å². The summed E-state index contributed by atoms with van der Waals surface area (Å²) in [4.78, 5) is 18.9. The molecule has 6 nitrogen and oxygen atoms in total. The zero-order valence-corrected chi connectivity index (χ0v) is 17.4. The molecule has 11 heteroatoms. The van der Waals surface area contributed by atoms with Crippen LogP contribution in [0.4, 0.5) is 39.4 Å². The number of furan rings is 1. The van der Waals surface area contributed by atoms with Gasteiger partial charge < -0.3 is 15.1 Å². The van der Waals surface area contributed by atoms with Gasteiger partial charge in [0.25, 0.3) is 0 Å². The van der Waals surface area contributed by atoms with Crippen LogP contribution < -0.4 is 26.3 Å². The average Bonchev–Trinajstić information content (AvgIpc) is 3.17. The fraction of sp³-hybridized carbons (Fsp3) is 0.143. The first-order chi connectivity index (χ1) is 15.2. The summed E-state index contributed by atoms with van der Waals surface area (Å²) in [6.45, 7) is 0.287. The number of amides is 2. The molecule has 2 aromatic carbocycles. The van der Waals surface area contributed by atoms with Gasteiger partial charge in [-0.15, -0.1) is 0 Å². The molecule has 1 aromatic heterocycles. The first-order valence-electron chi connectivity index (χ1n) is 9.20. The number of primary amides is 1. The second-order valence-electron chi connectivity index (χ2n) is 6.78. The number of benzene rings is 2. The maximum atomic E-state index is 14.3. The predicted octanol–water partition coefficient (Wildman–Crippen LogP) is 4.21. The molecule has 2 amide bonds. The third-order valence-electron chi connectivity index (χ3n) is 4.75. The maximum absolute atomic E-state index is 14.3. The highest BCUT2D eigenvalue weighted by atomic mass is 32.2. The van der Waals surface area contributed by atoms with E-state index >= 15 is 0 Å². The van der Waals surface area contributed by atoms with Crippen LogP contribution >= 0.6 is 11.8 Å². The minimum Gasteiger partial charge on any atom is -0.432 e. The summed E-state index contributed by atoms with van der Waals surface area (Å²) >= 11 is 1.45. The average molecular weight is 464 g/mol. The van der Waals surface area contributed by atoms with Crippen LogP contribution in [0, 0.1) is 5.82 Å². The van der Waals surface area contributed by atoms with E-state index in [1.807, 2.05) is 23.4 Å². The molecule has 2 N–H and O–H groups in total. The minimum atomic E-state index is -4.70. The van der Waals surface area contributed by atoms with Crippen LogP contribution in [-0.4, -0.2) is 19.0 Å². The largest absolute Gasteiger partial charge is 0.432 e. The Morgan fingerprint density at radius 3 is 2.53 bits per heavy atom. The van der Waals surface area contributed by atoms with Crippen LogP contribution in [0.15, 0.2) is 63.0 Å². The lowest BCUT2D eigenvalue weighted by Crippen LogP contribution is -2.33. The van der Waals surface area contributed by atoms with Gasteiger partial charge >= 0.3 is 12.2 Å². The molecule has 32 heavy (non-hydrogen) atoms. The maximum Gasteiger partial charge on any atom is 0.416 e. The van der Waals surface area contributed by atoms with E-state index in [2.05, 4.69) is 4.99 Å². The quantitative estimate of drug-likeness (QED) is 0.464. The van der Waals surface area contributed by atoms with Crippen molar-refractivity contribution in [3.63, 3.8) is 0 Å². The normalized spacial score (nSPS) is 13.2. The Morgan fingerprint density at radius 1 is 1.19 bits per heavy atom. The van der Waals surface area contributed by atoms with E-state index in [0.717, 1.165) is 10.3 Å². The van der Waals surface area contributed by atoms with E-state index < -0.39 is 29.3 Å². The van der Waals surface area contributed by atoms with Crippen LogP contribution in [0.25, 0.3) is 6.20 Å². The van der Waals surface area contributed by atoms with Crippen LogP contribution in [0.1, 0.15) is 5.56 Å². The SMILES string of the molecule is CSc1cc2c(o1)=NCN(c1ccc(N(C(N)=O)c3cc(C(F)(F)F)ccc3F)cc1)C=2. The number of halogens is 4. The Bertz CT molecular complexity index is 1290. The molecule has 0 atom stereocenters. The zero-order valence-electron chi connectivity index (χ0n) is 16.6. The molecular weight excluding hydrogens is 448 g/mol. The van der Waals surface area contributed by atoms with Gasteiger partial charge in [0.1, 0.15) is 12.5 Å². The number of nitrogens with zero attached hydrogens (tertiary/aromatic N) is 3. The second-order valence-corrected chi connectivity index (χ2v) is 7.59. The van der Waals surface area contributed by atoms with Crippen LogP contribution in [-0.2, 0) is 6.18 Å². The Morgan fingerprint density at radius 2 is 1.91 bits per heavy atom. The first-order valence-corrected chi connectivity index (χ1v) is 10.4. The molecule has 0 spiro atoms. The smallest absolute Gasteiger partial charge is 0.416 e. The molecule has 1 aliphatic heterocycles. The molecule has 0 unspecified atom stereocenters. The third kappa shape index (κ3) is 4.15. The second kappa shape index (κ2) is 8.23. The van der Waals surface area contributed by atoms with Crippen molar-refractivity contribution in [2.24, 2.45) is 10.7 Å². The topological polar surface area (TPSA) is 75.1 Å². The molecule has 0 aliphatic carbocycles. The van der Waals surface area contributed by atoms with Crippen molar-refractivity contribution in [3.05, 3.63) is 70.7 Å². The number of alkyl halides is 3. The van der Waals surface area contributed by atoms with Gasteiger partial charge in [0.2, 0.25) is 5.55 Å². The van der Waals surface area contributed by atoms with Crippen LogP contribution in [0.3, 0.4) is 0 Å². The van der Waals surface area contributed by atoms with Gasteiger partial charge in [0.15, 0.2) is 5.09 Å². The van der Waals surface area contributed by atoms with Crippen molar-refractivity contribution in [2.75, 3.05) is 22.7 Å². The summed E-state index contributed by atoms with van der Waals surface area (Å²) in [6.07, 6.45) is -0.970. The van der Waals surface area contributed by atoms with Gasteiger partial charge in [0, 0.05) is 18.0 Å². The highest BCUT2D eigenvalue weighted by Gasteiger charge is 2.32. The van der Waals surface area contributed by atoms with Crippen molar-refractivity contribution in [2.45, 2.75) is 11.3 Å². The lowest BCUT2D eigenvalue weighted by atomic mass is 10.1. The number of carbonyl (C=O) groups is 1. The van der Waals surface area contributed by atoms with Gasteiger partial charge in [-0.3, -0.25) is 4.90 Å². The predicted molar refractivity (Wildman–Crippen MR) is 113 cm³/mol. The van der Waals surface area contributed by atoms with Crippen molar-refractivity contribution in [3.8, 4) is 0 Å². The van der Waals surface area contributed by atoms with E-state index in [0.29, 0.717) is 34.3 Å². The Labute approximate surface area is 183 Å². The molecule has 0 fully saturated rings. The lowest BCUT2D eigenvalue weighted by Gasteiger charge is -2.24. The van der Waals surface area contributed by atoms with Crippen molar-refractivity contribution in [1.29, 1.82) is 0 Å². The molecule has 1 aliphatic rings. The monoisotopic (exact) mass is 464 g/mol. The van der Waals surface area contributed by atoms with Crippen LogP contribution in [0.5, 0.6) is 0 Å². The van der Waals surface area contributed by atoms with Crippen molar-refractivity contribution in [1.82, 2.24) is 0 Å². The molecule has 166 valence electrons. The number of anilines is 3. The van der Waals surface area contributed by atoms with E-state index in [4.69, 9.17) is 10.2 Å². The Balaban J connectivity index is 1.67. The number of thioether (sulfide) groups is 1. The van der Waals surface area contributed by atoms with E-state index in [-0.39, 0.29) is 12.4 Å². The highest BCUT2D eigenvalue weighted by Crippen LogP contribution is 2.36. The van der Waals surface area contributed by atoms with Gasteiger partial charge in [-0.25, -0.2) is 14.2 Å². The van der Waals surface area contributed by atoms with E-state index in [9.17, 15) is 22.4 Å². The third-order valence-corrected chi connectivity index (χ3v) is 5.36. The number of hydrogen-bond donors (Lipinski definition) is 1. The summed E-state index contributed by atoms with van der Waals surface area (Å²) < 4.78 is 59.1. The van der Waals surface area contributed by atoms with E-state index in [1.54, 1.807) is 12.1 Å². The molecule has 4 rings (SSSR count). The van der Waals surface area contributed by atoms with Gasteiger partial charge in [-0.05, 0) is 48.7 Å². The highest BCUT2D eigenvalue weighted by molar-refractivity contribution is 7.98. The van der Waals surface area contributed by atoms with Gasteiger partial charge in [-0.1, -0.05) is 11.8 Å².